The number of hydrogen-bond acceptors (Lipinski definition) is 1. The van der Waals surface area contributed by atoms with Gasteiger partial charge in [-0.3, -0.25) is 4.99 Å². The first kappa shape index (κ1) is 10.4. The molecule has 0 aliphatic heterocycles. The zero-order valence-corrected chi connectivity index (χ0v) is 8.31. The van der Waals surface area contributed by atoms with Crippen LogP contribution in [0, 0.1) is 5.92 Å². The van der Waals surface area contributed by atoms with Crippen molar-refractivity contribution in [3.8, 4) is 0 Å². The second-order valence-electron chi connectivity index (χ2n) is 3.25. The van der Waals surface area contributed by atoms with Gasteiger partial charge in [-0.15, -0.1) is 0 Å². The van der Waals surface area contributed by atoms with Crippen molar-refractivity contribution >= 4 is 5.71 Å². The number of nitrogens with zero attached hydrogens (tertiary/aromatic N) is 1. The molecule has 11 heavy (non-hydrogen) atoms. The summed E-state index contributed by atoms with van der Waals surface area (Å²) in [4.78, 5) is 4.44. The molecule has 0 fully saturated rings. The Kier molecular flexibility index (Phi) is 4.84. The molecule has 0 atom stereocenters. The first-order valence-corrected chi connectivity index (χ1v) is 4.20. The summed E-state index contributed by atoms with van der Waals surface area (Å²) in [6, 6.07) is 0. The molecule has 0 aliphatic carbocycles. The Balaban J connectivity index is 3.92. The van der Waals surface area contributed by atoms with E-state index in [9.17, 15) is 0 Å². The molecule has 0 amide bonds. The third-order valence-corrected chi connectivity index (χ3v) is 1.91. The Hall–Kier alpha value is -0.590. The molecule has 0 bridgehead atoms. The molecular weight excluding hydrogens is 134 g/mol. The van der Waals surface area contributed by atoms with Crippen LogP contribution in [0.4, 0.5) is 0 Å². The van der Waals surface area contributed by atoms with Gasteiger partial charge in [0, 0.05) is 5.71 Å². The standard InChI is InChI=1S/C10H19N/c1-6-9(4)7-11-10(5)8(2)3/h6,8H,7H2,1-5H3/b9-6+,11-10-. The number of rotatable bonds is 3. The lowest BCUT2D eigenvalue weighted by Gasteiger charge is -2.03. The average molecular weight is 153 g/mol. The van der Waals surface area contributed by atoms with Gasteiger partial charge in [0.1, 0.15) is 0 Å². The van der Waals surface area contributed by atoms with Crippen LogP contribution in [-0.2, 0) is 0 Å². The molecule has 0 aromatic heterocycles. The Morgan fingerprint density at radius 1 is 1.36 bits per heavy atom. The Bertz CT molecular complexity index is 164. The summed E-state index contributed by atoms with van der Waals surface area (Å²) < 4.78 is 0. The van der Waals surface area contributed by atoms with E-state index in [1.807, 2.05) is 0 Å². The zero-order chi connectivity index (χ0) is 8.85. The highest BCUT2D eigenvalue weighted by atomic mass is 14.7. The third-order valence-electron chi connectivity index (χ3n) is 1.91. The molecule has 1 heteroatoms. The highest BCUT2D eigenvalue weighted by molar-refractivity contribution is 5.83. The molecule has 0 rings (SSSR count). The van der Waals surface area contributed by atoms with Gasteiger partial charge in [-0.2, -0.15) is 0 Å². The minimum Gasteiger partial charge on any atom is -0.290 e. The SMILES string of the molecule is C/C=C(\C)C/N=C(/C)C(C)C. The molecule has 0 aromatic rings. The van der Waals surface area contributed by atoms with Crippen molar-refractivity contribution in [1.82, 2.24) is 0 Å². The van der Waals surface area contributed by atoms with Crippen molar-refractivity contribution in [1.29, 1.82) is 0 Å². The van der Waals surface area contributed by atoms with Crippen LogP contribution in [0.15, 0.2) is 16.6 Å². The summed E-state index contributed by atoms with van der Waals surface area (Å²) in [5.41, 5.74) is 2.58. The highest BCUT2D eigenvalue weighted by Gasteiger charge is 1.95. The minimum atomic E-state index is 0.583. The highest BCUT2D eigenvalue weighted by Crippen LogP contribution is 1.99. The minimum absolute atomic E-state index is 0.583. The van der Waals surface area contributed by atoms with Crippen molar-refractivity contribution in [3.05, 3.63) is 11.6 Å². The van der Waals surface area contributed by atoms with Gasteiger partial charge >= 0.3 is 0 Å². The smallest absolute Gasteiger partial charge is 0.0596 e. The van der Waals surface area contributed by atoms with Crippen LogP contribution in [-0.4, -0.2) is 12.3 Å². The number of allylic oxidation sites excluding steroid dienone is 1. The molecule has 0 aromatic carbocycles. The van der Waals surface area contributed by atoms with Gasteiger partial charge in [0.15, 0.2) is 0 Å². The van der Waals surface area contributed by atoms with E-state index < -0.39 is 0 Å². The molecule has 0 radical (unpaired) electrons. The van der Waals surface area contributed by atoms with E-state index in [0.29, 0.717) is 5.92 Å². The van der Waals surface area contributed by atoms with Crippen LogP contribution in [0.1, 0.15) is 34.6 Å². The summed E-state index contributed by atoms with van der Waals surface area (Å²) in [5, 5.41) is 0. The van der Waals surface area contributed by atoms with Gasteiger partial charge in [-0.25, -0.2) is 0 Å². The molecular formula is C10H19N. The van der Waals surface area contributed by atoms with Gasteiger partial charge in [-0.05, 0) is 26.7 Å². The largest absolute Gasteiger partial charge is 0.290 e. The predicted octanol–water partition coefficient (Wildman–Crippen LogP) is 3.07. The van der Waals surface area contributed by atoms with Crippen molar-refractivity contribution in [2.45, 2.75) is 34.6 Å². The van der Waals surface area contributed by atoms with E-state index in [4.69, 9.17) is 0 Å². The van der Waals surface area contributed by atoms with E-state index in [2.05, 4.69) is 45.7 Å². The summed E-state index contributed by atoms with van der Waals surface area (Å²) in [6.45, 7) is 11.5. The van der Waals surface area contributed by atoms with E-state index in [1.165, 1.54) is 11.3 Å². The third kappa shape index (κ3) is 4.77. The summed E-state index contributed by atoms with van der Waals surface area (Å²) in [7, 11) is 0. The van der Waals surface area contributed by atoms with E-state index in [-0.39, 0.29) is 0 Å². The molecule has 64 valence electrons. The normalized spacial score (nSPS) is 14.4. The zero-order valence-electron chi connectivity index (χ0n) is 8.31. The average Bonchev–Trinajstić information content (AvgIpc) is 1.99. The lowest BCUT2D eigenvalue weighted by atomic mass is 10.1. The molecule has 0 unspecified atom stereocenters. The monoisotopic (exact) mass is 153 g/mol. The topological polar surface area (TPSA) is 12.4 Å². The van der Waals surface area contributed by atoms with Crippen molar-refractivity contribution in [3.63, 3.8) is 0 Å². The summed E-state index contributed by atoms with van der Waals surface area (Å²) >= 11 is 0. The molecule has 0 heterocycles. The van der Waals surface area contributed by atoms with Crippen LogP contribution in [0.3, 0.4) is 0 Å². The van der Waals surface area contributed by atoms with Gasteiger partial charge in [0.05, 0.1) is 6.54 Å². The van der Waals surface area contributed by atoms with Crippen molar-refractivity contribution in [2.75, 3.05) is 6.54 Å². The lowest BCUT2D eigenvalue weighted by Crippen LogP contribution is -2.02. The molecule has 0 spiro atoms. The van der Waals surface area contributed by atoms with Crippen LogP contribution in [0.25, 0.3) is 0 Å². The van der Waals surface area contributed by atoms with Crippen molar-refractivity contribution < 1.29 is 0 Å². The first-order valence-electron chi connectivity index (χ1n) is 4.20. The van der Waals surface area contributed by atoms with Crippen molar-refractivity contribution in [2.24, 2.45) is 10.9 Å². The Morgan fingerprint density at radius 3 is 2.27 bits per heavy atom. The van der Waals surface area contributed by atoms with E-state index in [0.717, 1.165) is 6.54 Å². The van der Waals surface area contributed by atoms with Gasteiger partial charge < -0.3 is 0 Å². The number of hydrogen-bond donors (Lipinski definition) is 0. The van der Waals surface area contributed by atoms with Crippen LogP contribution < -0.4 is 0 Å². The molecule has 0 N–H and O–H groups in total. The molecule has 0 aliphatic rings. The van der Waals surface area contributed by atoms with Gasteiger partial charge in [0.2, 0.25) is 0 Å². The van der Waals surface area contributed by atoms with Crippen LogP contribution in [0.5, 0.6) is 0 Å². The predicted molar refractivity (Wildman–Crippen MR) is 52.2 cm³/mol. The number of aliphatic imine (C=N–C) groups is 1. The summed E-state index contributed by atoms with van der Waals surface area (Å²) in [6.07, 6.45) is 2.11. The maximum Gasteiger partial charge on any atom is 0.0596 e. The van der Waals surface area contributed by atoms with E-state index in [1.54, 1.807) is 0 Å². The van der Waals surface area contributed by atoms with Crippen LogP contribution in [0.2, 0.25) is 0 Å². The second kappa shape index (κ2) is 5.11. The Morgan fingerprint density at radius 2 is 1.91 bits per heavy atom. The second-order valence-corrected chi connectivity index (χ2v) is 3.25. The quantitative estimate of drug-likeness (QED) is 0.436. The fourth-order valence-corrected chi connectivity index (χ4v) is 0.523. The van der Waals surface area contributed by atoms with Crippen LogP contribution >= 0.6 is 0 Å². The lowest BCUT2D eigenvalue weighted by molar-refractivity contribution is 0.868. The molecule has 0 saturated carbocycles. The first-order chi connectivity index (χ1) is 5.07. The maximum atomic E-state index is 4.44. The Labute approximate surface area is 70.2 Å². The molecule has 1 nitrogen and oxygen atoms in total. The fraction of sp³-hybridized carbons (Fsp3) is 0.700. The molecule has 0 saturated heterocycles. The van der Waals surface area contributed by atoms with Gasteiger partial charge in [0.25, 0.3) is 0 Å². The summed E-state index contributed by atoms with van der Waals surface area (Å²) in [5.74, 6) is 0.583. The fourth-order valence-electron chi connectivity index (χ4n) is 0.523. The maximum absolute atomic E-state index is 4.44. The van der Waals surface area contributed by atoms with Gasteiger partial charge in [-0.1, -0.05) is 25.5 Å². The van der Waals surface area contributed by atoms with E-state index >= 15 is 0 Å².